The molecule has 0 radical (unpaired) electrons. The van der Waals surface area contributed by atoms with Crippen molar-refractivity contribution in [3.63, 3.8) is 0 Å². The summed E-state index contributed by atoms with van der Waals surface area (Å²) in [7, 11) is 0. The molecule has 0 aliphatic rings. The van der Waals surface area contributed by atoms with Gasteiger partial charge in [-0.2, -0.15) is 0 Å². The van der Waals surface area contributed by atoms with E-state index in [9.17, 15) is 10.2 Å². The monoisotopic (exact) mass is 349 g/mol. The van der Waals surface area contributed by atoms with Crippen LogP contribution in [-0.2, 0) is 6.42 Å². The van der Waals surface area contributed by atoms with Crippen LogP contribution in [0, 0.1) is 0 Å². The van der Waals surface area contributed by atoms with Gasteiger partial charge >= 0.3 is 0 Å². The molecule has 1 heterocycles. The SMILES string of the molecule is CC(C)(O)C(C)(O)Cc1nc(-c2ccccc2)nc(-c2ccccc2)n1. The van der Waals surface area contributed by atoms with E-state index in [1.54, 1.807) is 20.8 Å². The van der Waals surface area contributed by atoms with Crippen LogP contribution in [0.5, 0.6) is 0 Å². The van der Waals surface area contributed by atoms with Crippen molar-refractivity contribution in [2.24, 2.45) is 0 Å². The molecule has 0 saturated heterocycles. The lowest BCUT2D eigenvalue weighted by atomic mass is 9.84. The molecule has 3 aromatic rings. The molecular weight excluding hydrogens is 326 g/mol. The molecule has 5 nitrogen and oxygen atoms in total. The van der Waals surface area contributed by atoms with E-state index < -0.39 is 11.2 Å². The van der Waals surface area contributed by atoms with Crippen LogP contribution >= 0.6 is 0 Å². The number of aliphatic hydroxyl groups is 2. The van der Waals surface area contributed by atoms with Crippen LogP contribution in [0.3, 0.4) is 0 Å². The minimum atomic E-state index is -1.38. The van der Waals surface area contributed by atoms with Gasteiger partial charge in [0.2, 0.25) is 0 Å². The number of rotatable bonds is 5. The summed E-state index contributed by atoms with van der Waals surface area (Å²) >= 11 is 0. The van der Waals surface area contributed by atoms with Crippen molar-refractivity contribution in [1.29, 1.82) is 0 Å². The highest BCUT2D eigenvalue weighted by Crippen LogP contribution is 2.26. The third kappa shape index (κ3) is 3.95. The van der Waals surface area contributed by atoms with E-state index >= 15 is 0 Å². The van der Waals surface area contributed by atoms with E-state index in [1.165, 1.54) is 0 Å². The minimum absolute atomic E-state index is 0.110. The van der Waals surface area contributed by atoms with Crippen molar-refractivity contribution in [2.75, 3.05) is 0 Å². The summed E-state index contributed by atoms with van der Waals surface area (Å²) in [6.07, 6.45) is 0.110. The third-order valence-corrected chi connectivity index (χ3v) is 4.57. The molecule has 3 rings (SSSR count). The summed E-state index contributed by atoms with van der Waals surface area (Å²) in [4.78, 5) is 13.7. The maximum Gasteiger partial charge on any atom is 0.163 e. The van der Waals surface area contributed by atoms with Crippen molar-refractivity contribution in [3.8, 4) is 22.8 Å². The molecular formula is C21H23N3O2. The van der Waals surface area contributed by atoms with Gasteiger partial charge < -0.3 is 10.2 Å². The predicted molar refractivity (Wildman–Crippen MR) is 101 cm³/mol. The molecule has 0 bridgehead atoms. The largest absolute Gasteiger partial charge is 0.387 e. The number of hydrogen-bond acceptors (Lipinski definition) is 5. The summed E-state index contributed by atoms with van der Waals surface area (Å²) in [5.41, 5.74) is -0.928. The number of nitrogens with zero attached hydrogens (tertiary/aromatic N) is 3. The second kappa shape index (κ2) is 6.94. The lowest BCUT2D eigenvalue weighted by Gasteiger charge is -2.35. The highest BCUT2D eigenvalue weighted by molar-refractivity contribution is 5.60. The van der Waals surface area contributed by atoms with Crippen LogP contribution in [0.1, 0.15) is 26.6 Å². The van der Waals surface area contributed by atoms with Crippen molar-refractivity contribution >= 4 is 0 Å². The zero-order valence-corrected chi connectivity index (χ0v) is 15.2. The van der Waals surface area contributed by atoms with E-state index in [1.807, 2.05) is 60.7 Å². The average Bonchev–Trinajstić information content (AvgIpc) is 2.61. The first kappa shape index (κ1) is 18.2. The molecule has 0 fully saturated rings. The Morgan fingerprint density at radius 2 is 1.12 bits per heavy atom. The molecule has 0 spiro atoms. The predicted octanol–water partition coefficient (Wildman–Crippen LogP) is 3.27. The van der Waals surface area contributed by atoms with Gasteiger partial charge in [-0.05, 0) is 20.8 Å². The van der Waals surface area contributed by atoms with E-state index in [4.69, 9.17) is 0 Å². The fourth-order valence-corrected chi connectivity index (χ4v) is 2.46. The standard InChI is InChI=1S/C21H23N3O2/c1-20(2,25)21(3,26)14-17-22-18(15-10-6-4-7-11-15)24-19(23-17)16-12-8-5-9-13-16/h4-13,25-26H,14H2,1-3H3. The van der Waals surface area contributed by atoms with Crippen molar-refractivity contribution in [3.05, 3.63) is 66.5 Å². The van der Waals surface area contributed by atoms with Crippen molar-refractivity contribution in [2.45, 2.75) is 38.4 Å². The lowest BCUT2D eigenvalue weighted by molar-refractivity contribution is -0.119. The zero-order chi connectivity index (χ0) is 18.8. The van der Waals surface area contributed by atoms with Gasteiger partial charge in [0.15, 0.2) is 11.6 Å². The second-order valence-electron chi connectivity index (χ2n) is 7.14. The van der Waals surface area contributed by atoms with Gasteiger partial charge in [-0.15, -0.1) is 0 Å². The fraction of sp³-hybridized carbons (Fsp3) is 0.286. The van der Waals surface area contributed by atoms with E-state index in [-0.39, 0.29) is 6.42 Å². The Hall–Kier alpha value is -2.63. The first-order valence-corrected chi connectivity index (χ1v) is 8.57. The second-order valence-corrected chi connectivity index (χ2v) is 7.14. The molecule has 0 aliphatic carbocycles. The van der Waals surface area contributed by atoms with Crippen LogP contribution in [0.2, 0.25) is 0 Å². The average molecular weight is 349 g/mol. The highest BCUT2D eigenvalue weighted by Gasteiger charge is 2.38. The summed E-state index contributed by atoms with van der Waals surface area (Å²) in [5, 5.41) is 20.9. The van der Waals surface area contributed by atoms with Crippen molar-refractivity contribution in [1.82, 2.24) is 15.0 Å². The Bertz CT molecular complexity index is 815. The topological polar surface area (TPSA) is 79.1 Å². The molecule has 1 atom stereocenters. The number of benzene rings is 2. The van der Waals surface area contributed by atoms with Gasteiger partial charge in [-0.3, -0.25) is 0 Å². The van der Waals surface area contributed by atoms with Gasteiger partial charge in [-0.1, -0.05) is 60.7 Å². The quantitative estimate of drug-likeness (QED) is 0.739. The normalized spacial score (nSPS) is 14.0. The Balaban J connectivity index is 2.10. The summed E-state index contributed by atoms with van der Waals surface area (Å²) < 4.78 is 0. The molecule has 1 aromatic heterocycles. The Morgan fingerprint density at radius 1 is 0.692 bits per heavy atom. The van der Waals surface area contributed by atoms with Crippen LogP contribution < -0.4 is 0 Å². The fourth-order valence-electron chi connectivity index (χ4n) is 2.46. The van der Waals surface area contributed by atoms with E-state index in [0.717, 1.165) is 11.1 Å². The van der Waals surface area contributed by atoms with Crippen LogP contribution in [0.15, 0.2) is 60.7 Å². The van der Waals surface area contributed by atoms with E-state index in [2.05, 4.69) is 15.0 Å². The minimum Gasteiger partial charge on any atom is -0.387 e. The lowest BCUT2D eigenvalue weighted by Crippen LogP contribution is -2.49. The highest BCUT2D eigenvalue weighted by atomic mass is 16.4. The maximum atomic E-state index is 10.7. The molecule has 0 amide bonds. The zero-order valence-electron chi connectivity index (χ0n) is 15.2. The van der Waals surface area contributed by atoms with Crippen LogP contribution in [0.25, 0.3) is 22.8 Å². The van der Waals surface area contributed by atoms with Crippen LogP contribution in [0.4, 0.5) is 0 Å². The Morgan fingerprint density at radius 3 is 1.50 bits per heavy atom. The molecule has 26 heavy (non-hydrogen) atoms. The summed E-state index contributed by atoms with van der Waals surface area (Å²) in [6.45, 7) is 4.73. The first-order chi connectivity index (χ1) is 12.3. The summed E-state index contributed by atoms with van der Waals surface area (Å²) in [6, 6.07) is 19.3. The van der Waals surface area contributed by atoms with Gasteiger partial charge in [0, 0.05) is 17.5 Å². The van der Waals surface area contributed by atoms with Crippen LogP contribution in [-0.4, -0.2) is 36.4 Å². The number of hydrogen-bond donors (Lipinski definition) is 2. The molecule has 0 saturated carbocycles. The van der Waals surface area contributed by atoms with Gasteiger partial charge in [0.05, 0.1) is 11.2 Å². The number of aromatic nitrogens is 3. The molecule has 134 valence electrons. The Kier molecular flexibility index (Phi) is 4.85. The third-order valence-electron chi connectivity index (χ3n) is 4.57. The molecule has 2 aromatic carbocycles. The molecule has 1 unspecified atom stereocenters. The molecule has 0 aliphatic heterocycles. The van der Waals surface area contributed by atoms with E-state index in [0.29, 0.717) is 17.5 Å². The summed E-state index contributed by atoms with van der Waals surface area (Å²) in [5.74, 6) is 1.52. The maximum absolute atomic E-state index is 10.7. The molecule has 5 heteroatoms. The van der Waals surface area contributed by atoms with Gasteiger partial charge in [0.1, 0.15) is 5.82 Å². The van der Waals surface area contributed by atoms with Gasteiger partial charge in [-0.25, -0.2) is 15.0 Å². The molecule has 2 N–H and O–H groups in total. The van der Waals surface area contributed by atoms with Gasteiger partial charge in [0.25, 0.3) is 0 Å². The smallest absolute Gasteiger partial charge is 0.163 e. The van der Waals surface area contributed by atoms with Crippen molar-refractivity contribution < 1.29 is 10.2 Å². The first-order valence-electron chi connectivity index (χ1n) is 8.57. The Labute approximate surface area is 153 Å².